The number of hydrogen-bond acceptors (Lipinski definition) is 3. The first-order valence-electron chi connectivity index (χ1n) is 4.67. The standard InChI is InChI=1S/C10H14ClNO2S/c1-3-14-7-12(10(13)4-11)9-6-15-5-8(9)2/h5-6H,3-4,7H2,1-2H3. The Morgan fingerprint density at radius 3 is 2.80 bits per heavy atom. The lowest BCUT2D eigenvalue weighted by Gasteiger charge is -2.21. The fraction of sp³-hybridized carbons (Fsp3) is 0.500. The van der Waals surface area contributed by atoms with Crippen LogP contribution in [0.25, 0.3) is 0 Å². The first-order valence-corrected chi connectivity index (χ1v) is 6.15. The van der Waals surface area contributed by atoms with Crippen molar-refractivity contribution in [2.45, 2.75) is 13.8 Å². The van der Waals surface area contributed by atoms with Gasteiger partial charge in [0.1, 0.15) is 12.6 Å². The molecule has 0 aliphatic rings. The minimum Gasteiger partial charge on any atom is -0.361 e. The number of carbonyl (C=O) groups excluding carboxylic acids is 1. The Kier molecular flexibility index (Phi) is 5.08. The van der Waals surface area contributed by atoms with Crippen molar-refractivity contribution in [2.24, 2.45) is 0 Å². The number of thiophene rings is 1. The van der Waals surface area contributed by atoms with Gasteiger partial charge in [0.05, 0.1) is 5.69 Å². The van der Waals surface area contributed by atoms with Gasteiger partial charge in [-0.1, -0.05) is 0 Å². The quantitative estimate of drug-likeness (QED) is 0.591. The molecule has 0 N–H and O–H groups in total. The third-order valence-electron chi connectivity index (χ3n) is 1.96. The first kappa shape index (κ1) is 12.5. The summed E-state index contributed by atoms with van der Waals surface area (Å²) in [4.78, 5) is 13.2. The van der Waals surface area contributed by atoms with Crippen LogP contribution in [0.1, 0.15) is 12.5 Å². The molecule has 3 nitrogen and oxygen atoms in total. The highest BCUT2D eigenvalue weighted by molar-refractivity contribution is 7.08. The molecule has 1 aromatic rings. The van der Waals surface area contributed by atoms with Gasteiger partial charge in [-0.05, 0) is 24.8 Å². The van der Waals surface area contributed by atoms with Crippen molar-refractivity contribution in [3.05, 3.63) is 16.3 Å². The molecule has 0 radical (unpaired) electrons. The average molecular weight is 248 g/mol. The van der Waals surface area contributed by atoms with E-state index in [0.29, 0.717) is 6.61 Å². The minimum absolute atomic E-state index is 0.0254. The van der Waals surface area contributed by atoms with Crippen molar-refractivity contribution in [2.75, 3.05) is 24.1 Å². The fourth-order valence-electron chi connectivity index (χ4n) is 1.16. The third-order valence-corrected chi connectivity index (χ3v) is 3.04. The number of hydrogen-bond donors (Lipinski definition) is 0. The second kappa shape index (κ2) is 6.10. The molecular formula is C10H14ClNO2S. The summed E-state index contributed by atoms with van der Waals surface area (Å²) in [6.07, 6.45) is 0. The maximum Gasteiger partial charge on any atom is 0.243 e. The number of anilines is 1. The topological polar surface area (TPSA) is 29.5 Å². The zero-order valence-electron chi connectivity index (χ0n) is 8.83. The first-order chi connectivity index (χ1) is 7.20. The molecule has 0 bridgehead atoms. The molecule has 1 aromatic heterocycles. The zero-order valence-corrected chi connectivity index (χ0v) is 10.4. The summed E-state index contributed by atoms with van der Waals surface area (Å²) in [7, 11) is 0. The number of alkyl halides is 1. The van der Waals surface area contributed by atoms with Crippen molar-refractivity contribution < 1.29 is 9.53 Å². The van der Waals surface area contributed by atoms with E-state index >= 15 is 0 Å². The van der Waals surface area contributed by atoms with Crippen LogP contribution in [-0.4, -0.2) is 25.1 Å². The Hall–Kier alpha value is -0.580. The summed E-state index contributed by atoms with van der Waals surface area (Å²) in [5.74, 6) is -0.158. The van der Waals surface area contributed by atoms with E-state index in [0.717, 1.165) is 11.3 Å². The second-order valence-electron chi connectivity index (χ2n) is 3.02. The SMILES string of the molecule is CCOCN(C(=O)CCl)c1cscc1C. The highest BCUT2D eigenvalue weighted by Crippen LogP contribution is 2.24. The van der Waals surface area contributed by atoms with E-state index in [2.05, 4.69) is 0 Å². The largest absolute Gasteiger partial charge is 0.361 e. The van der Waals surface area contributed by atoms with Crippen molar-refractivity contribution in [3.8, 4) is 0 Å². The zero-order chi connectivity index (χ0) is 11.3. The molecule has 0 spiro atoms. The van der Waals surface area contributed by atoms with Crippen LogP contribution < -0.4 is 4.90 Å². The predicted molar refractivity (Wildman–Crippen MR) is 63.8 cm³/mol. The van der Waals surface area contributed by atoms with Gasteiger partial charge in [-0.2, -0.15) is 0 Å². The van der Waals surface area contributed by atoms with E-state index in [-0.39, 0.29) is 18.5 Å². The fourth-order valence-corrected chi connectivity index (χ4v) is 2.14. The molecule has 0 aromatic carbocycles. The molecule has 1 heterocycles. The predicted octanol–water partition coefficient (Wildman–Crippen LogP) is 2.62. The van der Waals surface area contributed by atoms with Gasteiger partial charge in [0.25, 0.3) is 0 Å². The van der Waals surface area contributed by atoms with Gasteiger partial charge in [-0.3, -0.25) is 9.69 Å². The number of halogens is 1. The van der Waals surface area contributed by atoms with E-state index in [4.69, 9.17) is 16.3 Å². The van der Waals surface area contributed by atoms with Gasteiger partial charge in [-0.15, -0.1) is 22.9 Å². The van der Waals surface area contributed by atoms with Crippen LogP contribution in [0, 0.1) is 6.92 Å². The van der Waals surface area contributed by atoms with Crippen molar-refractivity contribution in [1.82, 2.24) is 0 Å². The van der Waals surface area contributed by atoms with Gasteiger partial charge in [0.15, 0.2) is 0 Å². The Morgan fingerprint density at radius 2 is 2.33 bits per heavy atom. The van der Waals surface area contributed by atoms with Crippen LogP contribution in [0.5, 0.6) is 0 Å². The third kappa shape index (κ3) is 3.19. The molecule has 1 amide bonds. The number of ether oxygens (including phenoxy) is 1. The summed E-state index contributed by atoms with van der Waals surface area (Å²) in [5, 5.41) is 3.93. The molecule has 84 valence electrons. The summed E-state index contributed by atoms with van der Waals surface area (Å²) in [5.41, 5.74) is 1.96. The summed E-state index contributed by atoms with van der Waals surface area (Å²) in [6, 6.07) is 0. The van der Waals surface area contributed by atoms with Crippen molar-refractivity contribution >= 4 is 34.5 Å². The molecule has 0 aliphatic carbocycles. The van der Waals surface area contributed by atoms with Crippen LogP contribution in [0.4, 0.5) is 5.69 Å². The highest BCUT2D eigenvalue weighted by Gasteiger charge is 2.16. The molecule has 1 rings (SSSR count). The van der Waals surface area contributed by atoms with E-state index in [1.54, 1.807) is 16.2 Å². The Labute approximate surface area is 98.6 Å². The Balaban J connectivity index is 2.81. The van der Waals surface area contributed by atoms with Gasteiger partial charge < -0.3 is 4.74 Å². The normalized spacial score (nSPS) is 10.3. The molecular weight excluding hydrogens is 234 g/mol. The second-order valence-corrected chi connectivity index (χ2v) is 4.03. The molecule has 0 saturated heterocycles. The molecule has 0 unspecified atom stereocenters. The van der Waals surface area contributed by atoms with Gasteiger partial charge >= 0.3 is 0 Å². The van der Waals surface area contributed by atoms with Crippen LogP contribution in [0.2, 0.25) is 0 Å². The van der Waals surface area contributed by atoms with E-state index in [9.17, 15) is 4.79 Å². The van der Waals surface area contributed by atoms with Crippen LogP contribution in [0.15, 0.2) is 10.8 Å². The molecule has 5 heteroatoms. The van der Waals surface area contributed by atoms with Gasteiger partial charge in [0.2, 0.25) is 5.91 Å². The minimum atomic E-state index is -0.133. The summed E-state index contributed by atoms with van der Waals surface area (Å²) in [6.45, 7) is 4.70. The molecule has 0 atom stereocenters. The number of rotatable bonds is 5. The lowest BCUT2D eigenvalue weighted by Crippen LogP contribution is -2.34. The number of nitrogens with zero attached hydrogens (tertiary/aromatic N) is 1. The number of carbonyl (C=O) groups is 1. The Bertz CT molecular complexity index is 327. The van der Waals surface area contributed by atoms with Crippen LogP contribution in [-0.2, 0) is 9.53 Å². The average Bonchev–Trinajstić information content (AvgIpc) is 2.65. The van der Waals surface area contributed by atoms with Crippen LogP contribution in [0.3, 0.4) is 0 Å². The monoisotopic (exact) mass is 247 g/mol. The lowest BCUT2D eigenvalue weighted by molar-refractivity contribution is -0.117. The van der Waals surface area contributed by atoms with E-state index in [1.165, 1.54) is 0 Å². The Morgan fingerprint density at radius 1 is 1.60 bits per heavy atom. The molecule has 15 heavy (non-hydrogen) atoms. The van der Waals surface area contributed by atoms with Gasteiger partial charge in [-0.25, -0.2) is 0 Å². The molecule has 0 aliphatic heterocycles. The number of aryl methyl sites for hydroxylation is 1. The van der Waals surface area contributed by atoms with Crippen molar-refractivity contribution in [1.29, 1.82) is 0 Å². The lowest BCUT2D eigenvalue weighted by atomic mass is 10.3. The molecule has 0 saturated carbocycles. The van der Waals surface area contributed by atoms with Gasteiger partial charge in [0, 0.05) is 12.0 Å². The smallest absolute Gasteiger partial charge is 0.243 e. The number of amides is 1. The van der Waals surface area contributed by atoms with Crippen molar-refractivity contribution in [3.63, 3.8) is 0 Å². The van der Waals surface area contributed by atoms with E-state index < -0.39 is 0 Å². The van der Waals surface area contributed by atoms with Crippen LogP contribution >= 0.6 is 22.9 Å². The maximum atomic E-state index is 11.6. The summed E-state index contributed by atoms with van der Waals surface area (Å²) < 4.78 is 5.25. The summed E-state index contributed by atoms with van der Waals surface area (Å²) >= 11 is 7.11. The highest BCUT2D eigenvalue weighted by atomic mass is 35.5. The molecule has 0 fully saturated rings. The van der Waals surface area contributed by atoms with E-state index in [1.807, 2.05) is 24.6 Å². The maximum absolute atomic E-state index is 11.6.